The number of anilines is 1. The molecule has 0 saturated carbocycles. The number of ether oxygens (including phenoxy) is 1. The fourth-order valence-corrected chi connectivity index (χ4v) is 3.65. The molecule has 1 atom stereocenters. The van der Waals surface area contributed by atoms with E-state index in [1.165, 1.54) is 0 Å². The van der Waals surface area contributed by atoms with E-state index in [0.717, 1.165) is 0 Å². The van der Waals surface area contributed by atoms with Gasteiger partial charge in [-0.1, -0.05) is 25.4 Å². The van der Waals surface area contributed by atoms with Gasteiger partial charge in [0.25, 0.3) is 5.91 Å². The first kappa shape index (κ1) is 27.6. The fraction of sp³-hybridized carbons (Fsp3) is 0.450. The number of halogens is 4. The highest BCUT2D eigenvalue weighted by molar-refractivity contribution is 7.11. The van der Waals surface area contributed by atoms with E-state index in [9.17, 15) is 27.9 Å². The summed E-state index contributed by atoms with van der Waals surface area (Å²) in [5.41, 5.74) is 4.24. The van der Waals surface area contributed by atoms with Gasteiger partial charge >= 0.3 is 6.03 Å². The number of carbonyl (C=O) groups is 2. The molecule has 1 aromatic heterocycles. The number of nitrogens with two attached hydrogens (primary N) is 1. The Morgan fingerprint density at radius 2 is 1.91 bits per heavy atom. The standard InChI is InChI=1S/C20H25ClF3N5O4S/c1-9(2)26-5-3-10(30)4-6-27-20(32)28-19-14(17(25)31)18(29-34-19)33-8-11-13(22)7-12(21)16(24)15(11)23/h7,9-10,26,30H,3-6,8H2,1-2H3,(H2,25,31)(H2,27,28,32). The molecule has 188 valence electrons. The maximum Gasteiger partial charge on any atom is 0.319 e. The van der Waals surface area contributed by atoms with E-state index in [1.54, 1.807) is 0 Å². The van der Waals surface area contributed by atoms with Crippen molar-refractivity contribution < 1.29 is 32.6 Å². The van der Waals surface area contributed by atoms with Crippen LogP contribution in [0.1, 0.15) is 42.6 Å². The summed E-state index contributed by atoms with van der Waals surface area (Å²) in [7, 11) is 0. The van der Waals surface area contributed by atoms with Gasteiger partial charge in [0.15, 0.2) is 11.6 Å². The van der Waals surface area contributed by atoms with Crippen LogP contribution in [0.2, 0.25) is 5.02 Å². The number of amides is 3. The average Bonchev–Trinajstić information content (AvgIpc) is 3.14. The van der Waals surface area contributed by atoms with Crippen LogP contribution in [0, 0.1) is 17.5 Å². The molecule has 34 heavy (non-hydrogen) atoms. The first-order chi connectivity index (χ1) is 16.0. The summed E-state index contributed by atoms with van der Waals surface area (Å²) in [6.07, 6.45) is 0.207. The third-order valence-corrected chi connectivity index (χ3v) is 5.51. The Bertz CT molecular complexity index is 1020. The van der Waals surface area contributed by atoms with Gasteiger partial charge in [-0.15, -0.1) is 0 Å². The Labute approximate surface area is 203 Å². The third kappa shape index (κ3) is 7.72. The maximum absolute atomic E-state index is 14.0. The molecule has 2 rings (SSSR count). The quantitative estimate of drug-likeness (QED) is 0.214. The minimum Gasteiger partial charge on any atom is -0.471 e. The van der Waals surface area contributed by atoms with Crippen molar-refractivity contribution in [2.75, 3.05) is 18.4 Å². The summed E-state index contributed by atoms with van der Waals surface area (Å²) in [5.74, 6) is -5.55. The topological polar surface area (TPSA) is 139 Å². The average molecular weight is 524 g/mol. The van der Waals surface area contributed by atoms with Gasteiger partial charge in [-0.2, -0.15) is 4.37 Å². The number of nitrogens with one attached hydrogen (secondary N) is 3. The van der Waals surface area contributed by atoms with Gasteiger partial charge in [0, 0.05) is 12.6 Å². The number of hydrogen-bond acceptors (Lipinski definition) is 7. The molecule has 0 radical (unpaired) electrons. The van der Waals surface area contributed by atoms with Crippen molar-refractivity contribution >= 4 is 40.1 Å². The van der Waals surface area contributed by atoms with Crippen LogP contribution in [0.4, 0.5) is 23.0 Å². The summed E-state index contributed by atoms with van der Waals surface area (Å²) in [6, 6.07) is 0.195. The lowest BCUT2D eigenvalue weighted by Gasteiger charge is -2.13. The van der Waals surface area contributed by atoms with Crippen molar-refractivity contribution in [1.29, 1.82) is 0 Å². The van der Waals surface area contributed by atoms with Crippen LogP contribution in [0.25, 0.3) is 0 Å². The van der Waals surface area contributed by atoms with E-state index in [-0.39, 0.29) is 17.1 Å². The van der Waals surface area contributed by atoms with Crippen LogP contribution in [0.5, 0.6) is 5.88 Å². The highest BCUT2D eigenvalue weighted by atomic mass is 35.5. The smallest absolute Gasteiger partial charge is 0.319 e. The monoisotopic (exact) mass is 523 g/mol. The number of benzene rings is 1. The van der Waals surface area contributed by atoms with Gasteiger partial charge in [0.1, 0.15) is 23.0 Å². The van der Waals surface area contributed by atoms with Crippen LogP contribution >= 0.6 is 23.1 Å². The summed E-state index contributed by atoms with van der Waals surface area (Å²) < 4.78 is 50.5. The van der Waals surface area contributed by atoms with Crippen molar-refractivity contribution in [1.82, 2.24) is 15.0 Å². The molecule has 0 aliphatic rings. The summed E-state index contributed by atoms with van der Waals surface area (Å²) in [4.78, 5) is 24.0. The fourth-order valence-electron chi connectivity index (χ4n) is 2.74. The molecule has 2 aromatic rings. The van der Waals surface area contributed by atoms with E-state index in [1.807, 2.05) is 13.8 Å². The molecule has 0 aliphatic heterocycles. The van der Waals surface area contributed by atoms with Crippen molar-refractivity contribution in [3.05, 3.63) is 39.7 Å². The number of primary amides is 1. The van der Waals surface area contributed by atoms with Crippen molar-refractivity contribution in [3.63, 3.8) is 0 Å². The number of aliphatic hydroxyl groups excluding tert-OH is 1. The van der Waals surface area contributed by atoms with Crippen LogP contribution in [-0.4, -0.2) is 46.7 Å². The predicted octanol–water partition coefficient (Wildman–Crippen LogP) is 3.15. The number of aromatic nitrogens is 1. The lowest BCUT2D eigenvalue weighted by Crippen LogP contribution is -2.32. The first-order valence-electron chi connectivity index (χ1n) is 10.2. The van der Waals surface area contributed by atoms with Crippen LogP contribution < -0.4 is 26.4 Å². The lowest BCUT2D eigenvalue weighted by atomic mass is 10.2. The Morgan fingerprint density at radius 3 is 2.56 bits per heavy atom. The van der Waals surface area contributed by atoms with Gasteiger partial charge in [-0.05, 0) is 37.0 Å². The Hall–Kier alpha value is -2.61. The van der Waals surface area contributed by atoms with E-state index in [2.05, 4.69) is 20.3 Å². The second kappa shape index (κ2) is 12.7. The molecule has 0 aliphatic carbocycles. The van der Waals surface area contributed by atoms with E-state index in [0.29, 0.717) is 43.0 Å². The SMILES string of the molecule is CC(C)NCCC(O)CCNC(=O)Nc1snc(OCc2c(F)cc(Cl)c(F)c2F)c1C(N)=O. The number of nitrogens with zero attached hydrogens (tertiary/aromatic N) is 1. The molecular weight excluding hydrogens is 499 g/mol. The normalized spacial score (nSPS) is 12.0. The second-order valence-corrected chi connectivity index (χ2v) is 8.69. The highest BCUT2D eigenvalue weighted by Crippen LogP contribution is 2.31. The van der Waals surface area contributed by atoms with Gasteiger partial charge < -0.3 is 26.2 Å². The molecule has 14 heteroatoms. The number of urea groups is 1. The molecule has 0 fully saturated rings. The molecule has 0 spiro atoms. The Morgan fingerprint density at radius 1 is 1.24 bits per heavy atom. The van der Waals surface area contributed by atoms with E-state index < -0.39 is 58.6 Å². The Kier molecular flexibility index (Phi) is 10.4. The van der Waals surface area contributed by atoms with Gasteiger partial charge in [0.2, 0.25) is 5.88 Å². The largest absolute Gasteiger partial charge is 0.471 e. The van der Waals surface area contributed by atoms with E-state index in [4.69, 9.17) is 22.1 Å². The van der Waals surface area contributed by atoms with Crippen LogP contribution in [0.3, 0.4) is 0 Å². The summed E-state index contributed by atoms with van der Waals surface area (Å²) >= 11 is 6.03. The van der Waals surface area contributed by atoms with E-state index >= 15 is 0 Å². The van der Waals surface area contributed by atoms with Crippen LogP contribution in [0.15, 0.2) is 6.07 Å². The number of carbonyl (C=O) groups excluding carboxylic acids is 2. The molecule has 6 N–H and O–H groups in total. The maximum atomic E-state index is 14.0. The molecule has 1 heterocycles. The van der Waals surface area contributed by atoms with Crippen molar-refractivity contribution in [2.45, 2.75) is 45.4 Å². The Balaban J connectivity index is 1.96. The number of rotatable bonds is 12. The van der Waals surface area contributed by atoms with Gasteiger partial charge in [0.05, 0.1) is 16.7 Å². The van der Waals surface area contributed by atoms with Crippen LogP contribution in [-0.2, 0) is 6.61 Å². The third-order valence-electron chi connectivity index (χ3n) is 4.49. The molecule has 1 aromatic carbocycles. The zero-order chi connectivity index (χ0) is 25.4. The first-order valence-corrected chi connectivity index (χ1v) is 11.4. The molecule has 3 amide bonds. The molecule has 9 nitrogen and oxygen atoms in total. The zero-order valence-corrected chi connectivity index (χ0v) is 20.0. The molecule has 0 bridgehead atoms. The predicted molar refractivity (Wildman–Crippen MR) is 122 cm³/mol. The summed E-state index contributed by atoms with van der Waals surface area (Å²) in [5, 5.41) is 17.2. The minimum atomic E-state index is -1.54. The van der Waals surface area contributed by atoms with Gasteiger partial charge in [-0.3, -0.25) is 10.1 Å². The molecule has 1 unspecified atom stereocenters. The number of hydrogen-bond donors (Lipinski definition) is 5. The summed E-state index contributed by atoms with van der Waals surface area (Å²) in [6.45, 7) is 3.95. The van der Waals surface area contributed by atoms with Crippen molar-refractivity contribution in [2.24, 2.45) is 5.73 Å². The number of aliphatic hydroxyl groups is 1. The second-order valence-electron chi connectivity index (χ2n) is 7.51. The minimum absolute atomic E-state index is 0.0649. The zero-order valence-electron chi connectivity index (χ0n) is 18.4. The lowest BCUT2D eigenvalue weighted by molar-refractivity contribution is 0.0996. The molecule has 0 saturated heterocycles. The van der Waals surface area contributed by atoms with Gasteiger partial charge in [-0.25, -0.2) is 18.0 Å². The van der Waals surface area contributed by atoms with Crippen molar-refractivity contribution in [3.8, 4) is 5.88 Å². The molecular formula is C20H25ClF3N5O4S. The highest BCUT2D eigenvalue weighted by Gasteiger charge is 2.24.